The van der Waals surface area contributed by atoms with Crippen molar-refractivity contribution in [2.24, 2.45) is 0 Å². The maximum absolute atomic E-state index is 3.03. The van der Waals surface area contributed by atoms with Crippen molar-refractivity contribution in [3.05, 3.63) is 48.0 Å². The molecule has 1 rings (SSSR count). The van der Waals surface area contributed by atoms with E-state index in [0.29, 0.717) is 0 Å². The summed E-state index contributed by atoms with van der Waals surface area (Å²) in [6.45, 7) is 2.24. The van der Waals surface area contributed by atoms with Crippen molar-refractivity contribution in [2.75, 3.05) is 0 Å². The van der Waals surface area contributed by atoms with Gasteiger partial charge in [0.25, 0.3) is 0 Å². The highest BCUT2D eigenvalue weighted by atomic mass is 13.9. The van der Waals surface area contributed by atoms with Crippen LogP contribution >= 0.6 is 0 Å². The van der Waals surface area contributed by atoms with Crippen molar-refractivity contribution < 1.29 is 0 Å². The summed E-state index contributed by atoms with van der Waals surface area (Å²) in [6, 6.07) is 11.2. The molecule has 0 aliphatic rings. The first-order chi connectivity index (χ1) is 6.93. The van der Waals surface area contributed by atoms with E-state index < -0.39 is 0 Å². The molecule has 0 N–H and O–H groups in total. The predicted molar refractivity (Wildman–Crippen MR) is 62.3 cm³/mol. The highest BCUT2D eigenvalue weighted by Gasteiger charge is 1.86. The highest BCUT2D eigenvalue weighted by Crippen LogP contribution is 2.03. The van der Waals surface area contributed by atoms with Crippen LogP contribution in [0.1, 0.15) is 38.2 Å². The molecule has 0 aromatic heterocycles. The van der Waals surface area contributed by atoms with E-state index in [4.69, 9.17) is 0 Å². The first kappa shape index (κ1) is 11.0. The number of hydrogen-bond donors (Lipinski definition) is 0. The SMILES string of the molecule is CCCCCC=CCc1cc[c]cc1. The van der Waals surface area contributed by atoms with Gasteiger partial charge in [-0.1, -0.05) is 56.2 Å². The Balaban J connectivity index is 2.14. The standard InChI is InChI=1S/C14H19/c1-2-3-4-5-6-8-11-14-12-9-7-10-13-14/h6,8-10,12-13H,2-5,11H2,1H3. The van der Waals surface area contributed by atoms with Crippen molar-refractivity contribution in [1.29, 1.82) is 0 Å². The van der Waals surface area contributed by atoms with E-state index in [1.54, 1.807) is 0 Å². The Morgan fingerprint density at radius 3 is 2.64 bits per heavy atom. The topological polar surface area (TPSA) is 0 Å². The second-order valence-corrected chi connectivity index (χ2v) is 3.58. The number of unbranched alkanes of at least 4 members (excludes halogenated alkanes) is 3. The lowest BCUT2D eigenvalue weighted by Crippen LogP contribution is -1.78. The zero-order valence-electron chi connectivity index (χ0n) is 9.00. The van der Waals surface area contributed by atoms with E-state index in [1.165, 1.54) is 31.2 Å². The lowest BCUT2D eigenvalue weighted by atomic mass is 10.1. The average Bonchev–Trinajstić information content (AvgIpc) is 2.25. The maximum atomic E-state index is 3.03. The van der Waals surface area contributed by atoms with Gasteiger partial charge in [0.05, 0.1) is 0 Å². The molecule has 0 amide bonds. The van der Waals surface area contributed by atoms with Gasteiger partial charge in [0.2, 0.25) is 0 Å². The van der Waals surface area contributed by atoms with Gasteiger partial charge in [-0.2, -0.15) is 0 Å². The first-order valence-electron chi connectivity index (χ1n) is 5.53. The Morgan fingerprint density at radius 1 is 1.14 bits per heavy atom. The van der Waals surface area contributed by atoms with Crippen LogP contribution in [-0.2, 0) is 6.42 Å². The van der Waals surface area contributed by atoms with Crippen LogP contribution in [0.2, 0.25) is 0 Å². The molecule has 0 aliphatic carbocycles. The molecule has 0 nitrogen and oxygen atoms in total. The van der Waals surface area contributed by atoms with E-state index in [2.05, 4.69) is 37.3 Å². The molecular formula is C14H19. The molecule has 0 atom stereocenters. The van der Waals surface area contributed by atoms with E-state index in [0.717, 1.165) is 6.42 Å². The summed E-state index contributed by atoms with van der Waals surface area (Å²) in [5.74, 6) is 0. The van der Waals surface area contributed by atoms with Gasteiger partial charge in [-0.15, -0.1) is 0 Å². The molecule has 75 valence electrons. The van der Waals surface area contributed by atoms with Crippen LogP contribution in [0, 0.1) is 6.07 Å². The van der Waals surface area contributed by atoms with Crippen LogP contribution in [0.15, 0.2) is 36.4 Å². The first-order valence-corrected chi connectivity index (χ1v) is 5.53. The molecule has 1 aromatic carbocycles. The largest absolute Gasteiger partial charge is 0.0882 e. The van der Waals surface area contributed by atoms with Crippen molar-refractivity contribution in [1.82, 2.24) is 0 Å². The molecule has 1 aromatic rings. The summed E-state index contributed by atoms with van der Waals surface area (Å²) in [7, 11) is 0. The van der Waals surface area contributed by atoms with Gasteiger partial charge in [0, 0.05) is 0 Å². The van der Waals surface area contributed by atoms with E-state index in [1.807, 2.05) is 12.1 Å². The van der Waals surface area contributed by atoms with Gasteiger partial charge in [-0.3, -0.25) is 0 Å². The third-order valence-corrected chi connectivity index (χ3v) is 2.28. The normalized spacial score (nSPS) is 10.9. The Morgan fingerprint density at radius 2 is 1.93 bits per heavy atom. The number of rotatable bonds is 6. The third-order valence-electron chi connectivity index (χ3n) is 2.28. The molecule has 0 saturated carbocycles. The lowest BCUT2D eigenvalue weighted by molar-refractivity contribution is 0.728. The summed E-state index contributed by atoms with van der Waals surface area (Å²) < 4.78 is 0. The molecule has 0 spiro atoms. The van der Waals surface area contributed by atoms with Crippen LogP contribution in [0.3, 0.4) is 0 Å². The number of allylic oxidation sites excluding steroid dienone is 2. The number of hydrogen-bond acceptors (Lipinski definition) is 0. The van der Waals surface area contributed by atoms with Gasteiger partial charge in [0.15, 0.2) is 0 Å². The van der Waals surface area contributed by atoms with Crippen molar-refractivity contribution >= 4 is 0 Å². The summed E-state index contributed by atoms with van der Waals surface area (Å²) in [5.41, 5.74) is 1.37. The molecule has 0 fully saturated rings. The molecule has 0 heterocycles. The molecule has 0 heteroatoms. The zero-order valence-corrected chi connectivity index (χ0v) is 9.00. The molecule has 1 radical (unpaired) electrons. The van der Waals surface area contributed by atoms with Gasteiger partial charge >= 0.3 is 0 Å². The second-order valence-electron chi connectivity index (χ2n) is 3.58. The quantitative estimate of drug-likeness (QED) is 0.463. The van der Waals surface area contributed by atoms with Crippen molar-refractivity contribution in [3.8, 4) is 0 Å². The van der Waals surface area contributed by atoms with Gasteiger partial charge in [0.1, 0.15) is 0 Å². The minimum Gasteiger partial charge on any atom is -0.0882 e. The second kappa shape index (κ2) is 7.37. The van der Waals surface area contributed by atoms with E-state index in [-0.39, 0.29) is 0 Å². The lowest BCUT2D eigenvalue weighted by Gasteiger charge is -1.94. The molecule has 0 aliphatic heterocycles. The minimum atomic E-state index is 1.06. The average molecular weight is 187 g/mol. The van der Waals surface area contributed by atoms with Crippen molar-refractivity contribution in [3.63, 3.8) is 0 Å². The Hall–Kier alpha value is -1.04. The summed E-state index contributed by atoms with van der Waals surface area (Å²) in [5, 5.41) is 0. The highest BCUT2D eigenvalue weighted by molar-refractivity contribution is 5.16. The monoisotopic (exact) mass is 187 g/mol. The van der Waals surface area contributed by atoms with Gasteiger partial charge in [-0.25, -0.2) is 0 Å². The summed E-state index contributed by atoms with van der Waals surface area (Å²) >= 11 is 0. The fourth-order valence-corrected chi connectivity index (χ4v) is 1.41. The number of benzene rings is 1. The predicted octanol–water partition coefficient (Wildman–Crippen LogP) is 4.17. The van der Waals surface area contributed by atoms with Crippen LogP contribution in [0.25, 0.3) is 0 Å². The zero-order chi connectivity index (χ0) is 10.1. The Labute approximate surface area is 87.7 Å². The molecule has 0 unspecified atom stereocenters. The Kier molecular flexibility index (Phi) is 5.81. The van der Waals surface area contributed by atoms with E-state index >= 15 is 0 Å². The van der Waals surface area contributed by atoms with E-state index in [9.17, 15) is 0 Å². The molecular weight excluding hydrogens is 168 g/mol. The maximum Gasteiger partial charge on any atom is -0.00974 e. The van der Waals surface area contributed by atoms with Crippen molar-refractivity contribution in [2.45, 2.75) is 39.0 Å². The van der Waals surface area contributed by atoms with Gasteiger partial charge < -0.3 is 0 Å². The fourth-order valence-electron chi connectivity index (χ4n) is 1.41. The van der Waals surface area contributed by atoms with Crippen LogP contribution < -0.4 is 0 Å². The van der Waals surface area contributed by atoms with Crippen LogP contribution in [0.4, 0.5) is 0 Å². The Bertz CT molecular complexity index is 246. The minimum absolute atomic E-state index is 1.06. The molecule has 14 heavy (non-hydrogen) atoms. The molecule has 0 bridgehead atoms. The summed E-state index contributed by atoms with van der Waals surface area (Å²) in [6.07, 6.45) is 10.8. The fraction of sp³-hybridized carbons (Fsp3) is 0.429. The smallest absolute Gasteiger partial charge is 0.00974 e. The third kappa shape index (κ3) is 4.86. The summed E-state index contributed by atoms with van der Waals surface area (Å²) in [4.78, 5) is 0. The molecule has 0 saturated heterocycles. The van der Waals surface area contributed by atoms with Crippen LogP contribution in [0.5, 0.6) is 0 Å². The van der Waals surface area contributed by atoms with Crippen LogP contribution in [-0.4, -0.2) is 0 Å². The van der Waals surface area contributed by atoms with Gasteiger partial charge in [-0.05, 0) is 30.9 Å².